The molecule has 2 aliphatic carbocycles. The van der Waals surface area contributed by atoms with Gasteiger partial charge in [-0.05, 0) is 64.3 Å². The van der Waals surface area contributed by atoms with Crippen molar-refractivity contribution < 1.29 is 4.52 Å². The first-order chi connectivity index (χ1) is 8.65. The first kappa shape index (κ1) is 12.2. The molecule has 1 aromatic heterocycles. The van der Waals surface area contributed by atoms with Gasteiger partial charge >= 0.3 is 0 Å². The van der Waals surface area contributed by atoms with Crippen molar-refractivity contribution in [1.29, 1.82) is 0 Å². The van der Waals surface area contributed by atoms with Crippen LogP contribution in [0.5, 0.6) is 0 Å². The van der Waals surface area contributed by atoms with Crippen LogP contribution < -0.4 is 5.32 Å². The average Bonchev–Trinajstić information content (AvgIpc) is 3.02. The number of fused-ring (bicyclic) bond motifs is 2. The number of rotatable bonds is 4. The molecule has 2 fully saturated rings. The zero-order valence-electron chi connectivity index (χ0n) is 11.7. The fourth-order valence-electron chi connectivity index (χ4n) is 4.16. The van der Waals surface area contributed by atoms with Crippen molar-refractivity contribution in [2.24, 2.45) is 17.8 Å². The van der Waals surface area contributed by atoms with E-state index in [9.17, 15) is 0 Å². The van der Waals surface area contributed by atoms with Crippen molar-refractivity contribution in [1.82, 2.24) is 10.5 Å². The van der Waals surface area contributed by atoms with Crippen LogP contribution in [-0.4, -0.2) is 11.7 Å². The van der Waals surface area contributed by atoms with Gasteiger partial charge in [0.1, 0.15) is 5.76 Å². The van der Waals surface area contributed by atoms with Gasteiger partial charge in [-0.1, -0.05) is 11.6 Å². The SMILES string of the molecule is Cc1noc(C)c1C(C)NCC1CC2CCC1C2. The summed E-state index contributed by atoms with van der Waals surface area (Å²) in [4.78, 5) is 0. The Morgan fingerprint density at radius 1 is 1.33 bits per heavy atom. The second kappa shape index (κ2) is 4.69. The fourth-order valence-corrected chi connectivity index (χ4v) is 4.16. The first-order valence-electron chi connectivity index (χ1n) is 7.31. The molecular weight excluding hydrogens is 224 g/mol. The number of nitrogens with one attached hydrogen (secondary N) is 1. The third kappa shape index (κ3) is 2.09. The molecule has 1 heterocycles. The molecule has 1 aromatic rings. The Labute approximate surface area is 109 Å². The minimum Gasteiger partial charge on any atom is -0.361 e. The van der Waals surface area contributed by atoms with Crippen LogP contribution in [0.25, 0.3) is 0 Å². The Kier molecular flexibility index (Phi) is 3.18. The van der Waals surface area contributed by atoms with Crippen LogP contribution in [0.1, 0.15) is 55.7 Å². The molecule has 2 bridgehead atoms. The molecule has 100 valence electrons. The number of hydrogen-bond donors (Lipinski definition) is 1. The van der Waals surface area contributed by atoms with Crippen molar-refractivity contribution in [3.63, 3.8) is 0 Å². The topological polar surface area (TPSA) is 38.1 Å². The van der Waals surface area contributed by atoms with Crippen molar-refractivity contribution in [2.75, 3.05) is 6.54 Å². The Morgan fingerprint density at radius 3 is 2.72 bits per heavy atom. The molecule has 18 heavy (non-hydrogen) atoms. The average molecular weight is 248 g/mol. The van der Waals surface area contributed by atoms with Gasteiger partial charge in [0.05, 0.1) is 5.69 Å². The molecule has 4 unspecified atom stereocenters. The van der Waals surface area contributed by atoms with E-state index < -0.39 is 0 Å². The van der Waals surface area contributed by atoms with E-state index in [1.54, 1.807) is 0 Å². The van der Waals surface area contributed by atoms with Crippen LogP contribution in [0.15, 0.2) is 4.52 Å². The first-order valence-corrected chi connectivity index (χ1v) is 7.31. The van der Waals surface area contributed by atoms with Crippen molar-refractivity contribution in [3.05, 3.63) is 17.0 Å². The van der Waals surface area contributed by atoms with Crippen LogP contribution in [0.3, 0.4) is 0 Å². The van der Waals surface area contributed by atoms with Crippen molar-refractivity contribution >= 4 is 0 Å². The van der Waals surface area contributed by atoms with E-state index in [0.29, 0.717) is 6.04 Å². The number of hydrogen-bond acceptors (Lipinski definition) is 3. The van der Waals surface area contributed by atoms with E-state index in [-0.39, 0.29) is 0 Å². The van der Waals surface area contributed by atoms with Crippen LogP contribution in [-0.2, 0) is 0 Å². The Bertz CT molecular complexity index is 407. The molecule has 1 N–H and O–H groups in total. The monoisotopic (exact) mass is 248 g/mol. The van der Waals surface area contributed by atoms with Gasteiger partial charge in [0, 0.05) is 11.6 Å². The molecule has 0 aliphatic heterocycles. The molecule has 0 spiro atoms. The summed E-state index contributed by atoms with van der Waals surface area (Å²) in [6.45, 7) is 7.42. The lowest BCUT2D eigenvalue weighted by Gasteiger charge is -2.24. The largest absolute Gasteiger partial charge is 0.361 e. The van der Waals surface area contributed by atoms with Crippen LogP contribution >= 0.6 is 0 Å². The van der Waals surface area contributed by atoms with Gasteiger partial charge in [-0.15, -0.1) is 0 Å². The molecule has 0 radical (unpaired) electrons. The lowest BCUT2D eigenvalue weighted by Crippen LogP contribution is -2.29. The van der Waals surface area contributed by atoms with Crippen molar-refractivity contribution in [2.45, 2.75) is 52.5 Å². The zero-order valence-corrected chi connectivity index (χ0v) is 11.7. The van der Waals surface area contributed by atoms with E-state index >= 15 is 0 Å². The highest BCUT2D eigenvalue weighted by Gasteiger charge is 2.39. The van der Waals surface area contributed by atoms with Gasteiger partial charge in [0.15, 0.2) is 0 Å². The van der Waals surface area contributed by atoms with E-state index in [1.165, 1.54) is 31.2 Å². The molecule has 0 aromatic carbocycles. The number of aromatic nitrogens is 1. The lowest BCUT2D eigenvalue weighted by molar-refractivity contribution is 0.308. The summed E-state index contributed by atoms with van der Waals surface area (Å²) in [7, 11) is 0. The minimum absolute atomic E-state index is 0.357. The predicted octanol–water partition coefficient (Wildman–Crippen LogP) is 3.38. The molecule has 3 heteroatoms. The maximum absolute atomic E-state index is 5.25. The highest BCUT2D eigenvalue weighted by Crippen LogP contribution is 2.48. The van der Waals surface area contributed by atoms with Gasteiger partial charge in [-0.3, -0.25) is 0 Å². The third-order valence-electron chi connectivity index (χ3n) is 5.09. The molecule has 3 nitrogen and oxygen atoms in total. The van der Waals surface area contributed by atoms with E-state index in [0.717, 1.165) is 35.8 Å². The van der Waals surface area contributed by atoms with Crippen LogP contribution in [0, 0.1) is 31.6 Å². The molecule has 2 saturated carbocycles. The van der Waals surface area contributed by atoms with E-state index in [1.807, 2.05) is 13.8 Å². The fraction of sp³-hybridized carbons (Fsp3) is 0.800. The smallest absolute Gasteiger partial charge is 0.138 e. The summed E-state index contributed by atoms with van der Waals surface area (Å²) in [5.74, 6) is 3.91. The van der Waals surface area contributed by atoms with Gasteiger partial charge in [-0.2, -0.15) is 0 Å². The molecule has 4 atom stereocenters. The maximum atomic E-state index is 5.25. The summed E-state index contributed by atoms with van der Waals surface area (Å²) in [5.41, 5.74) is 2.28. The molecule has 3 rings (SSSR count). The predicted molar refractivity (Wildman–Crippen MR) is 71.3 cm³/mol. The number of aryl methyl sites for hydroxylation is 2. The summed E-state index contributed by atoms with van der Waals surface area (Å²) < 4.78 is 5.25. The summed E-state index contributed by atoms with van der Waals surface area (Å²) in [6, 6.07) is 0.357. The minimum atomic E-state index is 0.357. The highest BCUT2D eigenvalue weighted by molar-refractivity contribution is 5.24. The van der Waals surface area contributed by atoms with Crippen LogP contribution in [0.4, 0.5) is 0 Å². The van der Waals surface area contributed by atoms with E-state index in [4.69, 9.17) is 4.52 Å². The van der Waals surface area contributed by atoms with Gasteiger partial charge in [0.25, 0.3) is 0 Å². The Hall–Kier alpha value is -0.830. The van der Waals surface area contributed by atoms with Crippen LogP contribution in [0.2, 0.25) is 0 Å². The Balaban J connectivity index is 1.57. The zero-order chi connectivity index (χ0) is 12.7. The highest BCUT2D eigenvalue weighted by atomic mass is 16.5. The normalized spacial score (nSPS) is 32.1. The van der Waals surface area contributed by atoms with E-state index in [2.05, 4.69) is 17.4 Å². The quantitative estimate of drug-likeness (QED) is 0.887. The second-order valence-electron chi connectivity index (χ2n) is 6.30. The van der Waals surface area contributed by atoms with Crippen molar-refractivity contribution in [3.8, 4) is 0 Å². The molecule has 0 saturated heterocycles. The standard InChI is InChI=1S/C15H24N2O/c1-9(15-10(2)17-18-11(15)3)16-8-14-7-12-4-5-13(14)6-12/h9,12-14,16H,4-8H2,1-3H3. The van der Waals surface area contributed by atoms with Gasteiger partial charge < -0.3 is 9.84 Å². The summed E-state index contributed by atoms with van der Waals surface area (Å²) >= 11 is 0. The maximum Gasteiger partial charge on any atom is 0.138 e. The lowest BCUT2D eigenvalue weighted by atomic mass is 9.88. The molecular formula is C15H24N2O. The third-order valence-corrected chi connectivity index (χ3v) is 5.09. The molecule has 0 amide bonds. The number of nitrogens with zero attached hydrogens (tertiary/aromatic N) is 1. The summed E-state index contributed by atoms with van der Waals surface area (Å²) in [5, 5.41) is 7.73. The summed E-state index contributed by atoms with van der Waals surface area (Å²) in [6.07, 6.45) is 5.90. The Morgan fingerprint density at radius 2 is 2.17 bits per heavy atom. The second-order valence-corrected chi connectivity index (χ2v) is 6.30. The van der Waals surface area contributed by atoms with Gasteiger partial charge in [-0.25, -0.2) is 0 Å². The van der Waals surface area contributed by atoms with Gasteiger partial charge in [0.2, 0.25) is 0 Å². The molecule has 2 aliphatic rings.